The first-order valence-electron chi connectivity index (χ1n) is 17.2. The van der Waals surface area contributed by atoms with Gasteiger partial charge in [-0.15, -0.1) is 0 Å². The fourth-order valence-electron chi connectivity index (χ4n) is 10.2. The van der Waals surface area contributed by atoms with Crippen LogP contribution >= 0.6 is 0 Å². The molecule has 4 heteroatoms. The molecule has 6 aliphatic carbocycles. The first-order valence-corrected chi connectivity index (χ1v) is 17.2. The third kappa shape index (κ3) is 4.18. The van der Waals surface area contributed by atoms with Crippen LogP contribution in [-0.4, -0.2) is 19.9 Å². The quantitative estimate of drug-likeness (QED) is 0.194. The maximum atomic E-state index is 4.92. The molecule has 5 aromatic rings. The zero-order chi connectivity index (χ0) is 31.2. The predicted molar refractivity (Wildman–Crippen MR) is 184 cm³/mol. The van der Waals surface area contributed by atoms with Gasteiger partial charge in [0.25, 0.3) is 0 Å². The molecule has 0 aliphatic heterocycles. The molecule has 6 atom stereocenters. The number of aromatic nitrogens is 4. The van der Waals surface area contributed by atoms with Crippen molar-refractivity contribution in [3.05, 3.63) is 131 Å². The van der Waals surface area contributed by atoms with E-state index in [1.54, 1.807) is 0 Å². The molecular weight excluding hydrogens is 560 g/mol. The van der Waals surface area contributed by atoms with Gasteiger partial charge in [0, 0.05) is 24.8 Å². The SMILES string of the molecule is CC1(C)[C@@H]2C[C@H]1[C@@H](Cc1cccc(C[C@H]3c4cc(-c5ccccn5)ncc4[C@H]4C[C@@H]3C4(C)C)c1)c1cc(-c3ccccn3)ncc12. The van der Waals surface area contributed by atoms with Gasteiger partial charge in [0.15, 0.2) is 0 Å². The van der Waals surface area contributed by atoms with E-state index in [0.717, 1.165) is 35.6 Å². The van der Waals surface area contributed by atoms with Gasteiger partial charge < -0.3 is 0 Å². The molecule has 1 aromatic carbocycles. The van der Waals surface area contributed by atoms with Crippen molar-refractivity contribution in [2.24, 2.45) is 22.7 Å². The van der Waals surface area contributed by atoms with Gasteiger partial charge >= 0.3 is 0 Å². The Kier molecular flexibility index (Phi) is 6.20. The normalized spacial score (nSPS) is 27.5. The second-order valence-electron chi connectivity index (χ2n) is 15.7. The van der Waals surface area contributed by atoms with Gasteiger partial charge in [-0.3, -0.25) is 19.9 Å². The highest BCUT2D eigenvalue weighted by molar-refractivity contribution is 5.59. The molecule has 230 valence electrons. The lowest BCUT2D eigenvalue weighted by molar-refractivity contribution is -0.00613. The Balaban J connectivity index is 1.04. The average Bonchev–Trinajstić information content (AvgIpc) is 3.08. The van der Waals surface area contributed by atoms with Crippen molar-refractivity contribution in [2.45, 2.75) is 77.0 Å². The van der Waals surface area contributed by atoms with E-state index in [-0.39, 0.29) is 0 Å². The molecule has 0 saturated heterocycles. The van der Waals surface area contributed by atoms with E-state index in [1.807, 2.05) is 24.5 Å². The van der Waals surface area contributed by atoms with E-state index < -0.39 is 0 Å². The van der Waals surface area contributed by atoms with Crippen LogP contribution in [0.5, 0.6) is 0 Å². The minimum atomic E-state index is 0.307. The summed E-state index contributed by atoms with van der Waals surface area (Å²) in [6.07, 6.45) is 12.8. The van der Waals surface area contributed by atoms with Crippen molar-refractivity contribution >= 4 is 0 Å². The topological polar surface area (TPSA) is 51.6 Å². The van der Waals surface area contributed by atoms with E-state index in [0.29, 0.717) is 46.3 Å². The van der Waals surface area contributed by atoms with Gasteiger partial charge in [0.1, 0.15) is 0 Å². The van der Waals surface area contributed by atoms with Crippen LogP contribution in [0.3, 0.4) is 0 Å². The first-order chi connectivity index (χ1) is 22.3. The number of rotatable bonds is 6. The van der Waals surface area contributed by atoms with E-state index in [9.17, 15) is 0 Å². The minimum Gasteiger partial charge on any atom is -0.255 e. The molecule has 4 aromatic heterocycles. The highest BCUT2D eigenvalue weighted by atomic mass is 14.8. The van der Waals surface area contributed by atoms with E-state index >= 15 is 0 Å². The lowest BCUT2D eigenvalue weighted by Gasteiger charge is -2.60. The molecule has 0 radical (unpaired) electrons. The zero-order valence-corrected chi connectivity index (χ0v) is 27.3. The summed E-state index contributed by atoms with van der Waals surface area (Å²) in [5.74, 6) is 3.55. The molecular formula is C42H42N4. The van der Waals surface area contributed by atoms with Crippen LogP contribution in [0, 0.1) is 22.7 Å². The summed E-state index contributed by atoms with van der Waals surface area (Å²) in [5, 5.41) is 0. The van der Waals surface area contributed by atoms with Crippen molar-refractivity contribution < 1.29 is 0 Å². The first kappa shape index (κ1) is 28.1. The zero-order valence-electron chi connectivity index (χ0n) is 27.3. The van der Waals surface area contributed by atoms with E-state index in [4.69, 9.17) is 9.97 Å². The summed E-state index contributed by atoms with van der Waals surface area (Å²) in [6, 6.07) is 26.5. The molecule has 2 saturated carbocycles. The Hall–Kier alpha value is -4.18. The smallest absolute Gasteiger partial charge is 0.0889 e. The molecule has 4 nitrogen and oxygen atoms in total. The number of pyridine rings is 4. The number of hydrogen-bond donors (Lipinski definition) is 0. The molecule has 0 amide bonds. The third-order valence-corrected chi connectivity index (χ3v) is 12.9. The van der Waals surface area contributed by atoms with Crippen LogP contribution in [-0.2, 0) is 12.8 Å². The summed E-state index contributed by atoms with van der Waals surface area (Å²) in [5.41, 5.74) is 13.4. The van der Waals surface area contributed by atoms with Crippen molar-refractivity contribution in [3.8, 4) is 22.8 Å². The predicted octanol–water partition coefficient (Wildman–Crippen LogP) is 9.54. The number of hydrogen-bond acceptors (Lipinski definition) is 4. The molecule has 46 heavy (non-hydrogen) atoms. The lowest BCUT2D eigenvalue weighted by atomic mass is 9.43. The largest absolute Gasteiger partial charge is 0.255 e. The molecule has 6 aliphatic rings. The maximum absolute atomic E-state index is 4.92. The molecule has 11 rings (SSSR count). The fourth-order valence-corrected chi connectivity index (χ4v) is 10.2. The fraction of sp³-hybridized carbons (Fsp3) is 0.381. The number of benzene rings is 1. The van der Waals surface area contributed by atoms with E-state index in [2.05, 4.69) is 111 Å². The molecule has 0 unspecified atom stereocenters. The second kappa shape index (κ2) is 10.2. The molecule has 0 N–H and O–H groups in total. The van der Waals surface area contributed by atoms with Gasteiger partial charge in [-0.25, -0.2) is 0 Å². The summed E-state index contributed by atoms with van der Waals surface area (Å²) in [4.78, 5) is 19.1. The van der Waals surface area contributed by atoms with E-state index in [1.165, 1.54) is 46.2 Å². The van der Waals surface area contributed by atoms with Gasteiger partial charge in [0.05, 0.1) is 22.8 Å². The maximum Gasteiger partial charge on any atom is 0.0889 e. The highest BCUT2D eigenvalue weighted by Gasteiger charge is 2.58. The van der Waals surface area contributed by atoms with Crippen molar-refractivity contribution in [1.82, 2.24) is 19.9 Å². The summed E-state index contributed by atoms with van der Waals surface area (Å²) in [6.45, 7) is 9.92. The van der Waals surface area contributed by atoms with Crippen LogP contribution in [0.25, 0.3) is 22.8 Å². The van der Waals surface area contributed by atoms with Crippen molar-refractivity contribution in [3.63, 3.8) is 0 Å². The Labute approximate surface area is 272 Å². The van der Waals surface area contributed by atoms with Crippen molar-refractivity contribution in [1.29, 1.82) is 0 Å². The van der Waals surface area contributed by atoms with Gasteiger partial charge in [-0.1, -0.05) is 64.1 Å². The summed E-state index contributed by atoms with van der Waals surface area (Å²) in [7, 11) is 0. The molecule has 4 heterocycles. The monoisotopic (exact) mass is 602 g/mol. The lowest BCUT2D eigenvalue weighted by Crippen LogP contribution is -2.51. The average molecular weight is 603 g/mol. The van der Waals surface area contributed by atoms with Crippen LogP contribution in [0.15, 0.2) is 97.6 Å². The van der Waals surface area contributed by atoms with Crippen molar-refractivity contribution in [2.75, 3.05) is 0 Å². The Morgan fingerprint density at radius 3 is 1.41 bits per heavy atom. The van der Waals surface area contributed by atoms with Crippen LogP contribution in [0.4, 0.5) is 0 Å². The molecule has 2 fully saturated rings. The van der Waals surface area contributed by atoms with Crippen LogP contribution in [0.2, 0.25) is 0 Å². The second-order valence-corrected chi connectivity index (χ2v) is 15.7. The Morgan fingerprint density at radius 1 is 0.522 bits per heavy atom. The summed E-state index contributed by atoms with van der Waals surface area (Å²) < 4.78 is 0. The Bertz CT molecular complexity index is 1810. The van der Waals surface area contributed by atoms with Gasteiger partial charge in [-0.05, 0) is 142 Å². The molecule has 4 bridgehead atoms. The van der Waals surface area contributed by atoms with Gasteiger partial charge in [-0.2, -0.15) is 0 Å². The van der Waals surface area contributed by atoms with Gasteiger partial charge in [0.2, 0.25) is 0 Å². The molecule has 0 spiro atoms. The number of nitrogens with zero attached hydrogens (tertiary/aromatic N) is 4. The van der Waals surface area contributed by atoms with Crippen LogP contribution < -0.4 is 0 Å². The Morgan fingerprint density at radius 2 is 1.00 bits per heavy atom. The third-order valence-electron chi connectivity index (χ3n) is 12.9. The minimum absolute atomic E-state index is 0.307. The summed E-state index contributed by atoms with van der Waals surface area (Å²) >= 11 is 0. The highest BCUT2D eigenvalue weighted by Crippen LogP contribution is 2.68. The standard InChI is InChI=1S/C42H42N4/c1-41(2)33-21-35(41)31-23-45-39(37-12-5-7-14-43-37)19-27(31)29(33)17-25-10-9-11-26(16-25)18-30-28-20-40(38-13-6-8-15-44-38)46-24-32(28)36-22-34(30)42(36,3)4/h5-16,19-20,23-24,29-30,33-36H,17-18,21-22H2,1-4H3/t29-,30-,33-,34-,35+,36+/m0/s1. The van der Waals surface area contributed by atoms with Crippen LogP contribution in [0.1, 0.15) is 97.6 Å².